The van der Waals surface area contributed by atoms with Crippen LogP contribution in [-0.4, -0.2) is 9.97 Å². The third kappa shape index (κ3) is 3.35. The highest BCUT2D eigenvalue weighted by atomic mass is 32.1. The molecule has 2 N–H and O–H groups in total. The highest BCUT2D eigenvalue weighted by molar-refractivity contribution is 7.19. The highest BCUT2D eigenvalue weighted by Crippen LogP contribution is 2.34. The molecule has 132 valence electrons. The molecule has 0 unspecified atom stereocenters. The molecule has 0 aliphatic carbocycles. The van der Waals surface area contributed by atoms with Crippen molar-refractivity contribution in [3.63, 3.8) is 0 Å². The summed E-state index contributed by atoms with van der Waals surface area (Å²) in [7, 11) is 0. The normalized spacial score (nSPS) is 12.5. The average molecular weight is 382 g/mol. The van der Waals surface area contributed by atoms with Crippen LogP contribution in [-0.2, 0) is 6.54 Å². The van der Waals surface area contributed by atoms with E-state index >= 15 is 0 Å². The lowest BCUT2D eigenvalue weighted by atomic mass is 10.1. The van der Waals surface area contributed by atoms with Gasteiger partial charge in [0.25, 0.3) is 5.56 Å². The molecule has 3 heterocycles. The van der Waals surface area contributed by atoms with E-state index in [9.17, 15) is 4.79 Å². The maximum absolute atomic E-state index is 12.7. The molecule has 0 spiro atoms. The molecule has 0 saturated carbocycles. The number of nitrogens with zero attached hydrogens (tertiary/aromatic N) is 1. The Labute approximate surface area is 159 Å². The number of hydrogen-bond donors (Lipinski definition) is 2. The van der Waals surface area contributed by atoms with Gasteiger partial charge in [-0.3, -0.25) is 4.79 Å². The smallest absolute Gasteiger partial charge is 0.260 e. The maximum atomic E-state index is 12.7. The minimum Gasteiger partial charge on any atom is -0.309 e. The molecule has 26 heavy (non-hydrogen) atoms. The van der Waals surface area contributed by atoms with Crippen LogP contribution in [0, 0.1) is 6.92 Å². The van der Waals surface area contributed by atoms with Gasteiger partial charge in [0, 0.05) is 26.7 Å². The van der Waals surface area contributed by atoms with Crippen LogP contribution in [0.25, 0.3) is 20.7 Å². The second-order valence-electron chi connectivity index (χ2n) is 6.27. The number of hydrogen-bond acceptors (Lipinski definition) is 5. The van der Waals surface area contributed by atoms with Gasteiger partial charge in [-0.2, -0.15) is 0 Å². The Hall–Kier alpha value is -2.28. The summed E-state index contributed by atoms with van der Waals surface area (Å²) in [6.07, 6.45) is 0. The topological polar surface area (TPSA) is 57.8 Å². The Morgan fingerprint density at radius 1 is 1.19 bits per heavy atom. The summed E-state index contributed by atoms with van der Waals surface area (Å²) in [5.74, 6) is 0.668. The molecule has 0 amide bonds. The molecule has 0 radical (unpaired) electrons. The van der Waals surface area contributed by atoms with Gasteiger partial charge in [-0.25, -0.2) is 4.98 Å². The fraction of sp³-hybridized carbons (Fsp3) is 0.200. The molecule has 0 saturated heterocycles. The predicted octanol–water partition coefficient (Wildman–Crippen LogP) is 4.87. The minimum atomic E-state index is -0.0681. The number of aryl methyl sites for hydroxylation is 1. The van der Waals surface area contributed by atoms with Gasteiger partial charge in [-0.15, -0.1) is 22.7 Å². The van der Waals surface area contributed by atoms with Gasteiger partial charge in [0.05, 0.1) is 11.9 Å². The lowest BCUT2D eigenvalue weighted by Gasteiger charge is -2.13. The SMILES string of the molecule is Cc1ccc(-c2csc3nc(CN[C@@H](C)c4ccccc4)[nH]c(=O)c23)s1. The summed E-state index contributed by atoms with van der Waals surface area (Å²) < 4.78 is 0. The summed E-state index contributed by atoms with van der Waals surface area (Å²) >= 11 is 3.22. The number of H-pyrrole nitrogens is 1. The molecule has 4 aromatic rings. The van der Waals surface area contributed by atoms with Gasteiger partial charge in [-0.05, 0) is 31.5 Å². The molecule has 4 nitrogen and oxygen atoms in total. The Morgan fingerprint density at radius 2 is 2.00 bits per heavy atom. The zero-order valence-corrected chi connectivity index (χ0v) is 16.2. The number of thiophene rings is 2. The first-order valence-electron chi connectivity index (χ1n) is 8.47. The van der Waals surface area contributed by atoms with Crippen LogP contribution >= 0.6 is 22.7 Å². The van der Waals surface area contributed by atoms with Crippen LogP contribution in [0.3, 0.4) is 0 Å². The van der Waals surface area contributed by atoms with Crippen LogP contribution in [0.5, 0.6) is 0 Å². The lowest BCUT2D eigenvalue weighted by Crippen LogP contribution is -2.22. The third-order valence-electron chi connectivity index (χ3n) is 4.37. The third-order valence-corrected chi connectivity index (χ3v) is 6.28. The van der Waals surface area contributed by atoms with Crippen molar-refractivity contribution in [2.24, 2.45) is 0 Å². The fourth-order valence-electron chi connectivity index (χ4n) is 2.95. The number of aromatic amines is 1. The monoisotopic (exact) mass is 381 g/mol. The van der Waals surface area contributed by atoms with E-state index in [4.69, 9.17) is 0 Å². The van der Waals surface area contributed by atoms with Gasteiger partial charge in [0.15, 0.2) is 0 Å². The predicted molar refractivity (Wildman–Crippen MR) is 110 cm³/mol. The van der Waals surface area contributed by atoms with Crippen molar-refractivity contribution in [3.8, 4) is 10.4 Å². The van der Waals surface area contributed by atoms with Crippen LogP contribution in [0.4, 0.5) is 0 Å². The molecule has 0 aliphatic rings. The number of benzene rings is 1. The van der Waals surface area contributed by atoms with E-state index in [2.05, 4.69) is 53.4 Å². The van der Waals surface area contributed by atoms with Gasteiger partial charge in [-0.1, -0.05) is 30.3 Å². The maximum Gasteiger partial charge on any atom is 0.260 e. The van der Waals surface area contributed by atoms with Crippen molar-refractivity contribution in [3.05, 3.63) is 74.5 Å². The van der Waals surface area contributed by atoms with E-state index in [0.29, 0.717) is 17.8 Å². The van der Waals surface area contributed by atoms with Crippen molar-refractivity contribution < 1.29 is 0 Å². The minimum absolute atomic E-state index is 0.0681. The summed E-state index contributed by atoms with van der Waals surface area (Å²) in [5, 5.41) is 6.14. The van der Waals surface area contributed by atoms with Crippen molar-refractivity contribution >= 4 is 32.9 Å². The van der Waals surface area contributed by atoms with Crippen molar-refractivity contribution in [2.75, 3.05) is 0 Å². The molecule has 0 bridgehead atoms. The van der Waals surface area contributed by atoms with Crippen LogP contribution in [0.15, 0.2) is 52.6 Å². The number of rotatable bonds is 5. The van der Waals surface area contributed by atoms with Gasteiger partial charge in [0.2, 0.25) is 0 Å². The molecule has 6 heteroatoms. The van der Waals surface area contributed by atoms with E-state index < -0.39 is 0 Å². The summed E-state index contributed by atoms with van der Waals surface area (Å²) in [6.45, 7) is 4.70. The van der Waals surface area contributed by atoms with E-state index in [1.807, 2.05) is 23.6 Å². The highest BCUT2D eigenvalue weighted by Gasteiger charge is 2.14. The van der Waals surface area contributed by atoms with Crippen molar-refractivity contribution in [2.45, 2.75) is 26.4 Å². The number of fused-ring (bicyclic) bond motifs is 1. The van der Waals surface area contributed by atoms with Crippen LogP contribution in [0.1, 0.15) is 29.2 Å². The summed E-state index contributed by atoms with van der Waals surface area (Å²) in [5.41, 5.74) is 2.12. The van der Waals surface area contributed by atoms with Gasteiger partial charge >= 0.3 is 0 Å². The number of aromatic nitrogens is 2. The first kappa shape index (κ1) is 17.1. The first-order valence-corrected chi connectivity index (χ1v) is 10.2. The summed E-state index contributed by atoms with van der Waals surface area (Å²) in [6, 6.07) is 14.6. The molecular formula is C20H19N3OS2. The molecule has 0 fully saturated rings. The van der Waals surface area contributed by atoms with Crippen LogP contribution < -0.4 is 10.9 Å². The standard InChI is InChI=1S/C20H19N3OS2/c1-12-8-9-16(26-12)15-11-25-20-18(15)19(24)22-17(23-20)10-21-13(2)14-6-4-3-5-7-14/h3-9,11,13,21H,10H2,1-2H3,(H,22,23,24)/t13-/m0/s1. The molecule has 0 aliphatic heterocycles. The quantitative estimate of drug-likeness (QED) is 0.518. The zero-order valence-electron chi connectivity index (χ0n) is 14.6. The Bertz CT molecular complexity index is 1100. The molecule has 1 atom stereocenters. The molecule has 1 aromatic carbocycles. The zero-order chi connectivity index (χ0) is 18.1. The summed E-state index contributed by atoms with van der Waals surface area (Å²) in [4.78, 5) is 23.4. The second-order valence-corrected chi connectivity index (χ2v) is 8.41. The Kier molecular flexibility index (Phi) is 4.72. The van der Waals surface area contributed by atoms with E-state index in [1.165, 1.54) is 21.8 Å². The Morgan fingerprint density at radius 3 is 2.73 bits per heavy atom. The van der Waals surface area contributed by atoms with E-state index in [0.717, 1.165) is 15.3 Å². The molecule has 4 rings (SSSR count). The van der Waals surface area contributed by atoms with Crippen LogP contribution in [0.2, 0.25) is 0 Å². The Balaban J connectivity index is 1.59. The van der Waals surface area contributed by atoms with Crippen molar-refractivity contribution in [1.29, 1.82) is 0 Å². The largest absolute Gasteiger partial charge is 0.309 e. The average Bonchev–Trinajstić information content (AvgIpc) is 3.26. The fourth-order valence-corrected chi connectivity index (χ4v) is 4.87. The molecule has 3 aromatic heterocycles. The van der Waals surface area contributed by atoms with Crippen molar-refractivity contribution in [1.82, 2.24) is 15.3 Å². The van der Waals surface area contributed by atoms with E-state index in [-0.39, 0.29) is 11.6 Å². The first-order chi connectivity index (χ1) is 12.6. The number of nitrogens with one attached hydrogen (secondary N) is 2. The second kappa shape index (κ2) is 7.15. The molecular weight excluding hydrogens is 362 g/mol. The van der Waals surface area contributed by atoms with Gasteiger partial charge < -0.3 is 10.3 Å². The lowest BCUT2D eigenvalue weighted by molar-refractivity contribution is 0.559. The van der Waals surface area contributed by atoms with E-state index in [1.54, 1.807) is 11.3 Å². The van der Waals surface area contributed by atoms with Gasteiger partial charge in [0.1, 0.15) is 10.7 Å².